The van der Waals surface area contributed by atoms with Gasteiger partial charge in [0.25, 0.3) is 5.91 Å². The Bertz CT molecular complexity index is 1110. The van der Waals surface area contributed by atoms with E-state index in [0.717, 1.165) is 5.56 Å². The van der Waals surface area contributed by atoms with E-state index in [1.807, 2.05) is 19.0 Å². The fourth-order valence-electron chi connectivity index (χ4n) is 3.05. The molecule has 1 unspecified atom stereocenters. The van der Waals surface area contributed by atoms with Crippen molar-refractivity contribution in [2.75, 3.05) is 20.6 Å². The van der Waals surface area contributed by atoms with Crippen molar-refractivity contribution in [3.05, 3.63) is 89.6 Å². The lowest BCUT2D eigenvalue weighted by atomic mass is 10.1. The monoisotopic (exact) mass is 445 g/mol. The highest BCUT2D eigenvalue weighted by Crippen LogP contribution is 2.19. The fourth-order valence-corrected chi connectivity index (χ4v) is 4.05. The van der Waals surface area contributed by atoms with Crippen LogP contribution in [0.3, 0.4) is 0 Å². The summed E-state index contributed by atoms with van der Waals surface area (Å²) in [5, 5.41) is 2.82. The van der Waals surface area contributed by atoms with Gasteiger partial charge in [-0.05, 0) is 68.2 Å². The second-order valence-electron chi connectivity index (χ2n) is 7.17. The molecule has 2 aromatic carbocycles. The molecule has 164 valence electrons. The van der Waals surface area contributed by atoms with Crippen LogP contribution in [0.15, 0.2) is 76.2 Å². The number of nitrogens with one attached hydrogen (secondary N) is 2. The van der Waals surface area contributed by atoms with E-state index in [2.05, 4.69) is 10.0 Å². The van der Waals surface area contributed by atoms with E-state index < -0.39 is 10.0 Å². The maximum Gasteiger partial charge on any atom is 0.251 e. The minimum absolute atomic E-state index is 0.0313. The number of nitrogens with zero attached hydrogens (tertiary/aromatic N) is 1. The summed E-state index contributed by atoms with van der Waals surface area (Å²) in [6.07, 6.45) is 1.46. The number of likely N-dealkylation sites (N-methyl/N-ethyl adjacent to an activating group) is 1. The molecule has 0 bridgehead atoms. The van der Waals surface area contributed by atoms with Crippen LogP contribution in [0.1, 0.15) is 27.7 Å². The zero-order chi connectivity index (χ0) is 22.4. The van der Waals surface area contributed by atoms with E-state index in [1.54, 1.807) is 24.3 Å². The van der Waals surface area contributed by atoms with Gasteiger partial charge in [0.1, 0.15) is 11.6 Å². The van der Waals surface area contributed by atoms with E-state index >= 15 is 0 Å². The predicted octanol–water partition coefficient (Wildman–Crippen LogP) is 2.93. The van der Waals surface area contributed by atoms with E-state index in [-0.39, 0.29) is 35.8 Å². The van der Waals surface area contributed by atoms with Gasteiger partial charge in [0.15, 0.2) is 0 Å². The van der Waals surface area contributed by atoms with Crippen LogP contribution >= 0.6 is 0 Å². The fraction of sp³-hybridized carbons (Fsp3) is 0.227. The van der Waals surface area contributed by atoms with E-state index in [4.69, 9.17) is 4.42 Å². The van der Waals surface area contributed by atoms with Crippen molar-refractivity contribution >= 4 is 15.9 Å². The van der Waals surface area contributed by atoms with Gasteiger partial charge in [0, 0.05) is 12.1 Å². The van der Waals surface area contributed by atoms with Gasteiger partial charge in [-0.25, -0.2) is 17.5 Å². The van der Waals surface area contributed by atoms with Gasteiger partial charge >= 0.3 is 0 Å². The molecule has 0 aliphatic rings. The summed E-state index contributed by atoms with van der Waals surface area (Å²) in [5.74, 6) is -0.197. The number of sulfonamides is 1. The molecule has 1 heterocycles. The maximum atomic E-state index is 13.6. The normalized spacial score (nSPS) is 12.6. The SMILES string of the molecule is CN(C)C(CNC(=O)c1ccc(S(=O)(=O)NCc2ccco2)cc1)c1cccc(F)c1. The Hall–Kier alpha value is -3.01. The number of carbonyl (C=O) groups is 1. The first-order valence-corrected chi connectivity index (χ1v) is 11.1. The molecule has 1 atom stereocenters. The number of hydrogen-bond acceptors (Lipinski definition) is 5. The molecule has 0 aliphatic heterocycles. The average molecular weight is 446 g/mol. The lowest BCUT2D eigenvalue weighted by molar-refractivity contribution is 0.0942. The highest BCUT2D eigenvalue weighted by molar-refractivity contribution is 7.89. The third-order valence-corrected chi connectivity index (χ3v) is 6.17. The van der Waals surface area contributed by atoms with Gasteiger partial charge in [-0.2, -0.15) is 0 Å². The van der Waals surface area contributed by atoms with E-state index in [1.165, 1.54) is 42.7 Å². The van der Waals surface area contributed by atoms with Crippen LogP contribution in [-0.2, 0) is 16.6 Å². The standard InChI is InChI=1S/C22H24FN3O4S/c1-26(2)21(17-5-3-6-18(23)13-17)15-24-22(27)16-8-10-20(11-9-16)31(28,29)25-14-19-7-4-12-30-19/h3-13,21,25H,14-15H2,1-2H3,(H,24,27). The third-order valence-electron chi connectivity index (χ3n) is 4.76. The second kappa shape index (κ2) is 9.86. The van der Waals surface area contributed by atoms with Crippen molar-refractivity contribution in [2.45, 2.75) is 17.5 Å². The van der Waals surface area contributed by atoms with E-state index in [0.29, 0.717) is 11.3 Å². The minimum atomic E-state index is -3.74. The van der Waals surface area contributed by atoms with Gasteiger partial charge in [0.2, 0.25) is 10.0 Å². The predicted molar refractivity (Wildman–Crippen MR) is 114 cm³/mol. The van der Waals surface area contributed by atoms with Crippen molar-refractivity contribution in [1.82, 2.24) is 14.9 Å². The minimum Gasteiger partial charge on any atom is -0.468 e. The summed E-state index contributed by atoms with van der Waals surface area (Å²) < 4.78 is 45.9. The number of halogens is 1. The van der Waals surface area contributed by atoms with Gasteiger partial charge in [-0.1, -0.05) is 12.1 Å². The molecule has 7 nitrogen and oxygen atoms in total. The largest absolute Gasteiger partial charge is 0.468 e. The lowest BCUT2D eigenvalue weighted by Crippen LogP contribution is -2.34. The Morgan fingerprint density at radius 3 is 2.45 bits per heavy atom. The zero-order valence-electron chi connectivity index (χ0n) is 17.2. The lowest BCUT2D eigenvalue weighted by Gasteiger charge is -2.25. The molecule has 1 amide bonds. The highest BCUT2D eigenvalue weighted by atomic mass is 32.2. The molecule has 3 aromatic rings. The topological polar surface area (TPSA) is 91.7 Å². The van der Waals surface area contributed by atoms with Crippen molar-refractivity contribution < 1.29 is 22.0 Å². The molecule has 0 saturated heterocycles. The summed E-state index contributed by atoms with van der Waals surface area (Å²) in [6.45, 7) is 0.295. The van der Waals surface area contributed by atoms with Crippen molar-refractivity contribution in [3.8, 4) is 0 Å². The quantitative estimate of drug-likeness (QED) is 0.528. The zero-order valence-corrected chi connectivity index (χ0v) is 18.0. The Morgan fingerprint density at radius 1 is 1.10 bits per heavy atom. The van der Waals surface area contributed by atoms with Crippen LogP contribution < -0.4 is 10.0 Å². The van der Waals surface area contributed by atoms with Gasteiger partial charge in [0.05, 0.1) is 23.7 Å². The smallest absolute Gasteiger partial charge is 0.251 e. The van der Waals surface area contributed by atoms with Gasteiger partial charge in [-0.3, -0.25) is 4.79 Å². The summed E-state index contributed by atoms with van der Waals surface area (Å²) in [5.41, 5.74) is 1.07. The van der Waals surface area contributed by atoms with Crippen LogP contribution in [0.5, 0.6) is 0 Å². The van der Waals surface area contributed by atoms with Gasteiger partial charge in [-0.15, -0.1) is 0 Å². The van der Waals surface area contributed by atoms with Gasteiger partial charge < -0.3 is 14.6 Å². The van der Waals surface area contributed by atoms with Crippen molar-refractivity contribution in [3.63, 3.8) is 0 Å². The Morgan fingerprint density at radius 2 is 1.84 bits per heavy atom. The summed E-state index contributed by atoms with van der Waals surface area (Å²) in [7, 11) is -0.0511. The molecule has 31 heavy (non-hydrogen) atoms. The molecule has 0 spiro atoms. The molecule has 3 rings (SSSR count). The number of rotatable bonds is 9. The molecular formula is C22H24FN3O4S. The van der Waals surface area contributed by atoms with Crippen LogP contribution in [0.2, 0.25) is 0 Å². The summed E-state index contributed by atoms with van der Waals surface area (Å²) in [6, 6.07) is 15.0. The number of hydrogen-bond donors (Lipinski definition) is 2. The van der Waals surface area contributed by atoms with Crippen molar-refractivity contribution in [1.29, 1.82) is 0 Å². The average Bonchev–Trinajstić information content (AvgIpc) is 3.26. The molecule has 0 fully saturated rings. The number of benzene rings is 2. The third kappa shape index (κ3) is 6.00. The maximum absolute atomic E-state index is 13.6. The summed E-state index contributed by atoms with van der Waals surface area (Å²) >= 11 is 0. The number of amides is 1. The molecule has 2 N–H and O–H groups in total. The first-order chi connectivity index (χ1) is 14.8. The van der Waals surface area contributed by atoms with E-state index in [9.17, 15) is 17.6 Å². The highest BCUT2D eigenvalue weighted by Gasteiger charge is 2.18. The Kier molecular flexibility index (Phi) is 7.21. The first kappa shape index (κ1) is 22.7. The number of furan rings is 1. The Labute approximate surface area is 180 Å². The molecular weight excluding hydrogens is 421 g/mol. The molecule has 0 saturated carbocycles. The number of carbonyl (C=O) groups excluding carboxylic acids is 1. The summed E-state index contributed by atoms with van der Waals surface area (Å²) in [4.78, 5) is 14.5. The van der Waals surface area contributed by atoms with Crippen molar-refractivity contribution in [2.24, 2.45) is 0 Å². The van der Waals surface area contributed by atoms with Crippen LogP contribution in [-0.4, -0.2) is 39.9 Å². The van der Waals surface area contributed by atoms with Crippen LogP contribution in [0.4, 0.5) is 4.39 Å². The van der Waals surface area contributed by atoms with Crippen LogP contribution in [0.25, 0.3) is 0 Å². The molecule has 0 aliphatic carbocycles. The molecule has 0 radical (unpaired) electrons. The molecule has 1 aromatic heterocycles. The van der Waals surface area contributed by atoms with Crippen LogP contribution in [0, 0.1) is 5.82 Å². The second-order valence-corrected chi connectivity index (χ2v) is 8.94. The Balaban J connectivity index is 1.63. The first-order valence-electron chi connectivity index (χ1n) is 9.58. The molecule has 9 heteroatoms.